The molecule has 0 bridgehead atoms. The van der Waals surface area contributed by atoms with Crippen molar-refractivity contribution in [2.75, 3.05) is 13.2 Å². The fourth-order valence-corrected chi connectivity index (χ4v) is 3.42. The van der Waals surface area contributed by atoms with Crippen molar-refractivity contribution in [1.29, 1.82) is 0 Å². The molecule has 0 spiro atoms. The summed E-state index contributed by atoms with van der Waals surface area (Å²) in [4.78, 5) is 11.9. The molecule has 0 saturated carbocycles. The van der Waals surface area contributed by atoms with Crippen LogP contribution in [0.3, 0.4) is 0 Å². The standard InChI is InChI=1S/C17H27N5O2/c23-12-13-7-8-14(11-13)19-17(24)18-9-4-6-16-21-20-15-5-2-1-3-10-22(15)16/h7-8,13-14,23H,1-6,9-12H2,(H2,18,19,24)/t13-,14+/m0/s1. The largest absolute Gasteiger partial charge is 0.396 e. The molecule has 1 aromatic rings. The Morgan fingerprint density at radius 1 is 1.29 bits per heavy atom. The molecule has 1 aromatic heterocycles. The zero-order valence-corrected chi connectivity index (χ0v) is 14.1. The van der Waals surface area contributed by atoms with Gasteiger partial charge in [-0.05, 0) is 25.7 Å². The van der Waals surface area contributed by atoms with Crippen LogP contribution in [0.25, 0.3) is 0 Å². The first kappa shape index (κ1) is 17.0. The Hall–Kier alpha value is -1.89. The number of aliphatic hydroxyl groups is 1. The van der Waals surface area contributed by atoms with Crippen LogP contribution >= 0.6 is 0 Å². The van der Waals surface area contributed by atoms with E-state index in [1.807, 2.05) is 12.2 Å². The smallest absolute Gasteiger partial charge is 0.315 e. The Balaban J connectivity index is 1.36. The maximum atomic E-state index is 11.9. The van der Waals surface area contributed by atoms with Crippen molar-refractivity contribution in [2.45, 2.75) is 57.5 Å². The van der Waals surface area contributed by atoms with Crippen LogP contribution in [0.5, 0.6) is 0 Å². The van der Waals surface area contributed by atoms with Gasteiger partial charge in [-0.3, -0.25) is 0 Å². The second kappa shape index (κ2) is 8.28. The summed E-state index contributed by atoms with van der Waals surface area (Å²) in [5.41, 5.74) is 0. The van der Waals surface area contributed by atoms with E-state index < -0.39 is 0 Å². The predicted octanol–water partition coefficient (Wildman–Crippen LogP) is 1.17. The van der Waals surface area contributed by atoms with Gasteiger partial charge in [-0.15, -0.1) is 10.2 Å². The molecular formula is C17H27N5O2. The third-order valence-electron chi connectivity index (χ3n) is 4.77. The van der Waals surface area contributed by atoms with Gasteiger partial charge in [0, 0.05) is 44.5 Å². The SMILES string of the molecule is O=C(NCCCc1nnc2n1CCCCC2)N[C@@H]1C=C[C@H](CO)C1. The van der Waals surface area contributed by atoms with E-state index >= 15 is 0 Å². The van der Waals surface area contributed by atoms with E-state index in [1.54, 1.807) is 0 Å². The average Bonchev–Trinajstić information content (AvgIpc) is 3.12. The van der Waals surface area contributed by atoms with E-state index in [0.29, 0.717) is 6.54 Å². The number of urea groups is 1. The van der Waals surface area contributed by atoms with Crippen LogP contribution in [-0.4, -0.2) is 45.1 Å². The summed E-state index contributed by atoms with van der Waals surface area (Å²) in [6.45, 7) is 1.78. The normalized spacial score (nSPS) is 22.9. The van der Waals surface area contributed by atoms with Crippen molar-refractivity contribution in [3.63, 3.8) is 0 Å². The number of nitrogens with one attached hydrogen (secondary N) is 2. The monoisotopic (exact) mass is 333 g/mol. The molecule has 3 rings (SSSR count). The van der Waals surface area contributed by atoms with Crippen molar-refractivity contribution in [3.05, 3.63) is 23.8 Å². The number of amides is 2. The van der Waals surface area contributed by atoms with Gasteiger partial charge in [0.1, 0.15) is 11.6 Å². The van der Waals surface area contributed by atoms with Gasteiger partial charge in [0.05, 0.1) is 0 Å². The molecule has 7 nitrogen and oxygen atoms in total. The van der Waals surface area contributed by atoms with Crippen LogP contribution in [-0.2, 0) is 19.4 Å². The van der Waals surface area contributed by atoms with Crippen molar-refractivity contribution >= 4 is 6.03 Å². The number of aromatic nitrogens is 3. The number of nitrogens with zero attached hydrogens (tertiary/aromatic N) is 3. The number of carbonyl (C=O) groups excluding carboxylic acids is 1. The highest BCUT2D eigenvalue weighted by molar-refractivity contribution is 5.74. The molecule has 2 amide bonds. The number of carbonyl (C=O) groups is 1. The van der Waals surface area contributed by atoms with Crippen LogP contribution < -0.4 is 10.6 Å². The van der Waals surface area contributed by atoms with Crippen molar-refractivity contribution in [2.24, 2.45) is 5.92 Å². The Labute approximate surface area is 142 Å². The lowest BCUT2D eigenvalue weighted by Gasteiger charge is -2.13. The molecule has 0 aromatic carbocycles. The van der Waals surface area contributed by atoms with E-state index in [1.165, 1.54) is 19.3 Å². The lowest BCUT2D eigenvalue weighted by Crippen LogP contribution is -2.41. The van der Waals surface area contributed by atoms with Gasteiger partial charge in [0.15, 0.2) is 0 Å². The maximum Gasteiger partial charge on any atom is 0.315 e. The topological polar surface area (TPSA) is 92.1 Å². The minimum atomic E-state index is -0.150. The van der Waals surface area contributed by atoms with Crippen LogP contribution in [0.2, 0.25) is 0 Å². The minimum Gasteiger partial charge on any atom is -0.396 e. The fraction of sp³-hybridized carbons (Fsp3) is 0.706. The minimum absolute atomic E-state index is 0.0226. The molecule has 0 fully saturated rings. The van der Waals surface area contributed by atoms with Crippen LogP contribution in [0.4, 0.5) is 4.79 Å². The third-order valence-corrected chi connectivity index (χ3v) is 4.77. The maximum absolute atomic E-state index is 11.9. The van der Waals surface area contributed by atoms with E-state index in [9.17, 15) is 4.79 Å². The highest BCUT2D eigenvalue weighted by Crippen LogP contribution is 2.17. The molecule has 2 atom stereocenters. The molecule has 1 aliphatic carbocycles. The number of hydrogen-bond donors (Lipinski definition) is 3. The molecule has 132 valence electrons. The molecule has 3 N–H and O–H groups in total. The van der Waals surface area contributed by atoms with Crippen LogP contribution in [0, 0.1) is 5.92 Å². The number of hydrogen-bond acceptors (Lipinski definition) is 4. The highest BCUT2D eigenvalue weighted by atomic mass is 16.3. The number of aliphatic hydroxyl groups excluding tert-OH is 1. The van der Waals surface area contributed by atoms with Gasteiger partial charge in [0.2, 0.25) is 0 Å². The summed E-state index contributed by atoms with van der Waals surface area (Å²) in [7, 11) is 0. The van der Waals surface area contributed by atoms with Gasteiger partial charge in [-0.1, -0.05) is 18.6 Å². The summed E-state index contributed by atoms with van der Waals surface area (Å²) in [6.07, 6.45) is 11.1. The molecule has 1 aliphatic heterocycles. The first-order valence-corrected chi connectivity index (χ1v) is 9.01. The Kier molecular flexibility index (Phi) is 5.85. The molecule has 0 saturated heterocycles. The second-order valence-electron chi connectivity index (χ2n) is 6.67. The number of fused-ring (bicyclic) bond motifs is 1. The molecule has 7 heteroatoms. The molecule has 0 unspecified atom stereocenters. The number of aryl methyl sites for hydroxylation is 2. The van der Waals surface area contributed by atoms with Gasteiger partial charge in [-0.25, -0.2) is 4.79 Å². The predicted molar refractivity (Wildman–Crippen MR) is 90.6 cm³/mol. The highest BCUT2D eigenvalue weighted by Gasteiger charge is 2.19. The Morgan fingerprint density at radius 2 is 2.21 bits per heavy atom. The van der Waals surface area contributed by atoms with Gasteiger partial charge < -0.3 is 20.3 Å². The quantitative estimate of drug-likeness (QED) is 0.538. The van der Waals surface area contributed by atoms with Gasteiger partial charge in [-0.2, -0.15) is 0 Å². The fourth-order valence-electron chi connectivity index (χ4n) is 3.42. The molecular weight excluding hydrogens is 306 g/mol. The van der Waals surface area contributed by atoms with Crippen LogP contribution in [0.1, 0.15) is 43.8 Å². The van der Waals surface area contributed by atoms with E-state index in [4.69, 9.17) is 5.11 Å². The Bertz CT molecular complexity index is 584. The van der Waals surface area contributed by atoms with Crippen molar-refractivity contribution in [3.8, 4) is 0 Å². The molecule has 0 radical (unpaired) electrons. The molecule has 24 heavy (non-hydrogen) atoms. The van der Waals surface area contributed by atoms with Gasteiger partial charge >= 0.3 is 6.03 Å². The third kappa shape index (κ3) is 4.35. The van der Waals surface area contributed by atoms with Crippen LogP contribution in [0.15, 0.2) is 12.2 Å². The molecule has 2 heterocycles. The zero-order chi connectivity index (χ0) is 16.8. The summed E-state index contributed by atoms with van der Waals surface area (Å²) < 4.78 is 2.26. The van der Waals surface area contributed by atoms with E-state index in [-0.39, 0.29) is 24.6 Å². The zero-order valence-electron chi connectivity index (χ0n) is 14.1. The lowest BCUT2D eigenvalue weighted by molar-refractivity contribution is 0.231. The Morgan fingerprint density at radius 3 is 3.04 bits per heavy atom. The summed E-state index contributed by atoms with van der Waals surface area (Å²) in [6, 6.07) is -0.127. The number of rotatable bonds is 6. The van der Waals surface area contributed by atoms with Crippen molar-refractivity contribution < 1.29 is 9.90 Å². The lowest BCUT2D eigenvalue weighted by atomic mass is 10.1. The summed E-state index contributed by atoms with van der Waals surface area (Å²) >= 11 is 0. The first-order valence-electron chi connectivity index (χ1n) is 9.01. The van der Waals surface area contributed by atoms with E-state index in [2.05, 4.69) is 25.4 Å². The average molecular weight is 333 g/mol. The van der Waals surface area contributed by atoms with E-state index in [0.717, 1.165) is 43.9 Å². The summed E-state index contributed by atoms with van der Waals surface area (Å²) in [5.74, 6) is 2.32. The molecule has 2 aliphatic rings. The second-order valence-corrected chi connectivity index (χ2v) is 6.67. The van der Waals surface area contributed by atoms with Crippen molar-refractivity contribution in [1.82, 2.24) is 25.4 Å². The first-order chi connectivity index (χ1) is 11.8. The van der Waals surface area contributed by atoms with Gasteiger partial charge in [0.25, 0.3) is 0 Å². The summed E-state index contributed by atoms with van der Waals surface area (Å²) in [5, 5.41) is 23.5.